The predicted molar refractivity (Wildman–Crippen MR) is 119 cm³/mol. The molecule has 0 spiro atoms. The standard InChI is InChI=1S/C21H30N4O3S2/c1-21(2,3)18-15-29-19(22-18)14-24-10-12-25(13-11-24)20(26)16-6-8-17(9-7-16)30(27,28)23(4)5/h6-9,15H,10-14H2,1-5H3. The Balaban J connectivity index is 1.57. The van der Waals surface area contributed by atoms with Gasteiger partial charge in [0.05, 0.1) is 17.1 Å². The lowest BCUT2D eigenvalue weighted by molar-refractivity contribution is 0.0628. The topological polar surface area (TPSA) is 73.8 Å². The molecule has 0 saturated carbocycles. The van der Waals surface area contributed by atoms with Crippen LogP contribution in [-0.2, 0) is 22.0 Å². The van der Waals surface area contributed by atoms with Gasteiger partial charge in [0.25, 0.3) is 5.91 Å². The fourth-order valence-corrected chi connectivity index (χ4v) is 5.15. The van der Waals surface area contributed by atoms with Gasteiger partial charge in [0.1, 0.15) is 5.01 Å². The second kappa shape index (κ2) is 8.74. The average Bonchev–Trinajstić information content (AvgIpc) is 3.17. The highest BCUT2D eigenvalue weighted by Crippen LogP contribution is 2.25. The molecule has 164 valence electrons. The lowest BCUT2D eigenvalue weighted by atomic mass is 9.93. The molecule has 1 aliphatic heterocycles. The zero-order chi connectivity index (χ0) is 22.1. The summed E-state index contributed by atoms with van der Waals surface area (Å²) >= 11 is 1.69. The van der Waals surface area contributed by atoms with E-state index in [0.717, 1.165) is 34.6 Å². The first-order chi connectivity index (χ1) is 14.0. The predicted octanol–water partition coefficient (Wildman–Crippen LogP) is 2.65. The second-order valence-corrected chi connectivity index (χ2v) is 11.9. The molecule has 2 heterocycles. The first-order valence-corrected chi connectivity index (χ1v) is 12.3. The molecular weight excluding hydrogens is 420 g/mol. The molecule has 1 amide bonds. The van der Waals surface area contributed by atoms with Gasteiger partial charge in [0, 0.05) is 56.6 Å². The van der Waals surface area contributed by atoms with Gasteiger partial charge in [-0.15, -0.1) is 11.3 Å². The highest BCUT2D eigenvalue weighted by Gasteiger charge is 2.24. The Kier molecular flexibility index (Phi) is 6.66. The minimum absolute atomic E-state index is 0.0568. The molecule has 0 atom stereocenters. The van der Waals surface area contributed by atoms with Crippen LogP contribution in [0, 0.1) is 0 Å². The van der Waals surface area contributed by atoms with Gasteiger partial charge >= 0.3 is 0 Å². The van der Waals surface area contributed by atoms with Crippen molar-refractivity contribution in [2.24, 2.45) is 0 Å². The Labute approximate surface area is 183 Å². The van der Waals surface area contributed by atoms with E-state index >= 15 is 0 Å². The summed E-state index contributed by atoms with van der Waals surface area (Å²) in [5, 5.41) is 3.24. The van der Waals surface area contributed by atoms with Gasteiger partial charge in [-0.3, -0.25) is 9.69 Å². The Bertz CT molecular complexity index is 984. The van der Waals surface area contributed by atoms with Crippen LogP contribution in [0.3, 0.4) is 0 Å². The van der Waals surface area contributed by atoms with Crippen LogP contribution in [0.15, 0.2) is 34.5 Å². The third-order valence-corrected chi connectivity index (χ3v) is 7.88. The van der Waals surface area contributed by atoms with E-state index in [1.807, 2.05) is 4.90 Å². The molecule has 0 aliphatic carbocycles. The summed E-state index contributed by atoms with van der Waals surface area (Å²) < 4.78 is 25.5. The summed E-state index contributed by atoms with van der Waals surface area (Å²) in [5.41, 5.74) is 1.69. The SMILES string of the molecule is CN(C)S(=O)(=O)c1ccc(C(=O)N2CCN(Cc3nc(C(C)(C)C)cs3)CC2)cc1. The largest absolute Gasteiger partial charge is 0.336 e. The molecule has 1 aliphatic rings. The van der Waals surface area contributed by atoms with Gasteiger partial charge in [-0.05, 0) is 24.3 Å². The number of rotatable bonds is 5. The molecule has 3 rings (SSSR count). The number of carbonyl (C=O) groups is 1. The van der Waals surface area contributed by atoms with E-state index < -0.39 is 10.0 Å². The maximum atomic E-state index is 12.8. The molecule has 9 heteroatoms. The molecule has 0 unspecified atom stereocenters. The van der Waals surface area contributed by atoms with Crippen molar-refractivity contribution in [2.75, 3.05) is 40.3 Å². The van der Waals surface area contributed by atoms with E-state index in [2.05, 4.69) is 31.1 Å². The number of sulfonamides is 1. The molecule has 2 aromatic rings. The highest BCUT2D eigenvalue weighted by atomic mass is 32.2. The normalized spacial score (nSPS) is 16.3. The monoisotopic (exact) mass is 450 g/mol. The van der Waals surface area contributed by atoms with Gasteiger partial charge in [0.15, 0.2) is 0 Å². The number of carbonyl (C=O) groups excluding carboxylic acids is 1. The summed E-state index contributed by atoms with van der Waals surface area (Å²) in [7, 11) is -0.513. The van der Waals surface area contributed by atoms with Crippen LogP contribution in [0.1, 0.15) is 41.8 Å². The lowest BCUT2D eigenvalue weighted by Crippen LogP contribution is -2.48. The first kappa shape index (κ1) is 22.9. The number of piperazine rings is 1. The summed E-state index contributed by atoms with van der Waals surface area (Å²) in [6, 6.07) is 6.17. The summed E-state index contributed by atoms with van der Waals surface area (Å²) in [6.45, 7) is 10.2. The Hall–Kier alpha value is -1.81. The van der Waals surface area contributed by atoms with Gasteiger partial charge in [0.2, 0.25) is 10.0 Å². The Morgan fingerprint density at radius 3 is 2.20 bits per heavy atom. The van der Waals surface area contributed by atoms with Gasteiger partial charge in [-0.1, -0.05) is 20.8 Å². The van der Waals surface area contributed by atoms with Crippen molar-refractivity contribution in [3.63, 3.8) is 0 Å². The summed E-state index contributed by atoms with van der Waals surface area (Å²) in [5.74, 6) is -0.0623. The number of hydrogen-bond donors (Lipinski definition) is 0. The van der Waals surface area contributed by atoms with Gasteiger partial charge < -0.3 is 4.90 Å². The van der Waals surface area contributed by atoms with Crippen molar-refractivity contribution in [2.45, 2.75) is 37.6 Å². The van der Waals surface area contributed by atoms with Crippen molar-refractivity contribution in [3.8, 4) is 0 Å². The zero-order valence-corrected chi connectivity index (χ0v) is 19.9. The molecule has 1 aromatic heterocycles. The minimum atomic E-state index is -3.49. The molecule has 7 nitrogen and oxygen atoms in total. The number of amides is 1. The molecule has 30 heavy (non-hydrogen) atoms. The lowest BCUT2D eigenvalue weighted by Gasteiger charge is -2.34. The average molecular weight is 451 g/mol. The highest BCUT2D eigenvalue weighted by molar-refractivity contribution is 7.89. The fraction of sp³-hybridized carbons (Fsp3) is 0.524. The summed E-state index contributed by atoms with van der Waals surface area (Å²) in [4.78, 5) is 21.9. The van der Waals surface area contributed by atoms with E-state index in [0.29, 0.717) is 18.7 Å². The molecule has 1 saturated heterocycles. The minimum Gasteiger partial charge on any atom is -0.336 e. The molecule has 1 fully saturated rings. The maximum Gasteiger partial charge on any atom is 0.253 e. The van der Waals surface area contributed by atoms with E-state index in [4.69, 9.17) is 4.98 Å². The third-order valence-electron chi connectivity index (χ3n) is 5.22. The Morgan fingerprint density at radius 1 is 1.10 bits per heavy atom. The molecule has 0 radical (unpaired) electrons. The number of aromatic nitrogens is 1. The van der Waals surface area contributed by atoms with Gasteiger partial charge in [-0.2, -0.15) is 0 Å². The molecule has 0 bridgehead atoms. The third kappa shape index (κ3) is 5.08. The van der Waals surface area contributed by atoms with Crippen LogP contribution in [0.25, 0.3) is 0 Å². The first-order valence-electron chi connectivity index (χ1n) is 9.97. The molecule has 0 N–H and O–H groups in total. The quantitative estimate of drug-likeness (QED) is 0.700. The van der Waals surface area contributed by atoms with E-state index in [9.17, 15) is 13.2 Å². The van der Waals surface area contributed by atoms with E-state index in [-0.39, 0.29) is 16.2 Å². The van der Waals surface area contributed by atoms with Gasteiger partial charge in [-0.25, -0.2) is 17.7 Å². The van der Waals surface area contributed by atoms with Crippen LogP contribution in [0.2, 0.25) is 0 Å². The van der Waals surface area contributed by atoms with Crippen LogP contribution in [-0.4, -0.2) is 73.7 Å². The van der Waals surface area contributed by atoms with Crippen LogP contribution >= 0.6 is 11.3 Å². The van der Waals surface area contributed by atoms with E-state index in [1.54, 1.807) is 23.5 Å². The Morgan fingerprint density at radius 2 is 1.70 bits per heavy atom. The van der Waals surface area contributed by atoms with Crippen molar-refractivity contribution in [1.82, 2.24) is 19.1 Å². The molecular formula is C21H30N4O3S2. The number of nitrogens with zero attached hydrogens (tertiary/aromatic N) is 4. The summed E-state index contributed by atoms with van der Waals surface area (Å²) in [6.07, 6.45) is 0. The zero-order valence-electron chi connectivity index (χ0n) is 18.3. The van der Waals surface area contributed by atoms with E-state index in [1.165, 1.54) is 26.2 Å². The second-order valence-electron chi connectivity index (χ2n) is 8.76. The number of benzene rings is 1. The smallest absolute Gasteiger partial charge is 0.253 e. The maximum absolute atomic E-state index is 12.8. The van der Waals surface area contributed by atoms with Crippen molar-refractivity contribution in [3.05, 3.63) is 45.9 Å². The fourth-order valence-electron chi connectivity index (χ4n) is 3.19. The van der Waals surface area contributed by atoms with Crippen LogP contribution in [0.4, 0.5) is 0 Å². The number of hydrogen-bond acceptors (Lipinski definition) is 6. The van der Waals surface area contributed by atoms with Crippen molar-refractivity contribution in [1.29, 1.82) is 0 Å². The van der Waals surface area contributed by atoms with Crippen LogP contribution in [0.5, 0.6) is 0 Å². The van der Waals surface area contributed by atoms with Crippen molar-refractivity contribution >= 4 is 27.3 Å². The number of thiazole rings is 1. The van der Waals surface area contributed by atoms with Crippen LogP contribution < -0.4 is 0 Å². The van der Waals surface area contributed by atoms with Crippen molar-refractivity contribution < 1.29 is 13.2 Å². The molecule has 1 aromatic carbocycles.